The maximum Gasteiger partial charge on any atom is 0.326 e. The highest BCUT2D eigenvalue weighted by molar-refractivity contribution is 6.27. The van der Waals surface area contributed by atoms with Crippen LogP contribution in [0, 0.1) is 6.92 Å². The summed E-state index contributed by atoms with van der Waals surface area (Å²) >= 11 is 5.46. The number of nitrogens with zero attached hydrogens (tertiary/aromatic N) is 1. The molecule has 0 aromatic heterocycles. The van der Waals surface area contributed by atoms with E-state index in [0.717, 1.165) is 16.9 Å². The van der Waals surface area contributed by atoms with Crippen molar-refractivity contribution in [1.29, 1.82) is 0 Å². The number of alkyl halides is 1. The van der Waals surface area contributed by atoms with E-state index in [1.165, 1.54) is 0 Å². The maximum atomic E-state index is 12.8. The van der Waals surface area contributed by atoms with E-state index in [-0.39, 0.29) is 17.8 Å². The van der Waals surface area contributed by atoms with E-state index in [1.54, 1.807) is 4.90 Å². The van der Waals surface area contributed by atoms with Gasteiger partial charge < -0.3 is 10.6 Å². The fourth-order valence-electron chi connectivity index (χ4n) is 2.36. The number of carbonyl (C=O) groups excluding carboxylic acids is 2. The Morgan fingerprint density at radius 2 is 1.72 bits per heavy atom. The molecule has 0 aliphatic heterocycles. The van der Waals surface area contributed by atoms with Gasteiger partial charge in [0.2, 0.25) is 5.91 Å². The van der Waals surface area contributed by atoms with Gasteiger partial charge in [0.05, 0.1) is 0 Å². The third kappa shape index (κ3) is 5.80. The molecule has 2 rings (SSSR count). The van der Waals surface area contributed by atoms with Crippen molar-refractivity contribution in [3.05, 3.63) is 60.2 Å². The highest BCUT2D eigenvalue weighted by Gasteiger charge is 2.16. The van der Waals surface area contributed by atoms with Gasteiger partial charge in [0, 0.05) is 24.5 Å². The smallest absolute Gasteiger partial charge is 0.326 e. The Hall–Kier alpha value is -2.53. The average molecular weight is 360 g/mol. The SMILES string of the molecule is Cc1ccccc1NC(=O)N(CCCNC(=O)CCl)c1ccccc1. The molecule has 0 aliphatic rings. The number of urea groups is 1. The van der Waals surface area contributed by atoms with Crippen LogP contribution in [0.5, 0.6) is 0 Å². The first kappa shape index (κ1) is 18.8. The molecule has 5 nitrogen and oxygen atoms in total. The van der Waals surface area contributed by atoms with E-state index >= 15 is 0 Å². The van der Waals surface area contributed by atoms with E-state index in [9.17, 15) is 9.59 Å². The predicted molar refractivity (Wildman–Crippen MR) is 102 cm³/mol. The van der Waals surface area contributed by atoms with Crippen molar-refractivity contribution < 1.29 is 9.59 Å². The van der Waals surface area contributed by atoms with Crippen LogP contribution in [0.15, 0.2) is 54.6 Å². The molecular weight excluding hydrogens is 338 g/mol. The molecule has 0 atom stereocenters. The fourth-order valence-corrected chi connectivity index (χ4v) is 2.46. The first-order valence-electron chi connectivity index (χ1n) is 8.13. The third-order valence-corrected chi connectivity index (χ3v) is 3.94. The second-order valence-electron chi connectivity index (χ2n) is 5.57. The standard InChI is InChI=1S/C19H22ClN3O2/c1-15-8-5-6-11-17(15)22-19(25)23(16-9-3-2-4-10-16)13-7-12-21-18(24)14-20/h2-6,8-11H,7,12-14H2,1H3,(H,21,24)(H,22,25). The summed E-state index contributed by atoms with van der Waals surface area (Å²) in [5.74, 6) is -0.270. The van der Waals surface area contributed by atoms with Gasteiger partial charge in [-0.3, -0.25) is 9.69 Å². The van der Waals surface area contributed by atoms with Crippen LogP contribution in [0.4, 0.5) is 16.2 Å². The van der Waals surface area contributed by atoms with Gasteiger partial charge in [0.1, 0.15) is 5.88 Å². The van der Waals surface area contributed by atoms with Crippen molar-refractivity contribution in [3.8, 4) is 0 Å². The number of nitrogens with one attached hydrogen (secondary N) is 2. The summed E-state index contributed by atoms with van der Waals surface area (Å²) in [6.07, 6.45) is 0.624. The van der Waals surface area contributed by atoms with Gasteiger partial charge in [-0.1, -0.05) is 36.4 Å². The normalized spacial score (nSPS) is 10.2. The largest absolute Gasteiger partial charge is 0.355 e. The third-order valence-electron chi connectivity index (χ3n) is 3.70. The minimum Gasteiger partial charge on any atom is -0.355 e. The van der Waals surface area contributed by atoms with Crippen LogP contribution >= 0.6 is 11.6 Å². The van der Waals surface area contributed by atoms with Crippen molar-refractivity contribution in [1.82, 2.24) is 5.32 Å². The molecule has 3 amide bonds. The van der Waals surface area contributed by atoms with Crippen LogP contribution in [-0.4, -0.2) is 30.9 Å². The highest BCUT2D eigenvalue weighted by Crippen LogP contribution is 2.18. The van der Waals surface area contributed by atoms with Crippen molar-refractivity contribution >= 4 is 34.9 Å². The number of benzene rings is 2. The first-order chi connectivity index (χ1) is 12.1. The predicted octanol–water partition coefficient (Wildman–Crippen LogP) is 3.78. The molecule has 0 bridgehead atoms. The van der Waals surface area contributed by atoms with Gasteiger partial charge in [-0.05, 0) is 37.1 Å². The zero-order chi connectivity index (χ0) is 18.1. The molecule has 0 aliphatic carbocycles. The number of amides is 3. The van der Waals surface area contributed by atoms with Crippen molar-refractivity contribution in [2.75, 3.05) is 29.2 Å². The van der Waals surface area contributed by atoms with Gasteiger partial charge in [0.25, 0.3) is 0 Å². The number of hydrogen-bond acceptors (Lipinski definition) is 2. The van der Waals surface area contributed by atoms with Crippen LogP contribution in [0.25, 0.3) is 0 Å². The lowest BCUT2D eigenvalue weighted by molar-refractivity contribution is -0.118. The summed E-state index contributed by atoms with van der Waals surface area (Å²) in [5.41, 5.74) is 2.58. The molecule has 2 aromatic rings. The molecule has 0 saturated heterocycles. The highest BCUT2D eigenvalue weighted by atomic mass is 35.5. The maximum absolute atomic E-state index is 12.8. The van der Waals surface area contributed by atoms with E-state index in [1.807, 2.05) is 61.5 Å². The molecule has 0 fully saturated rings. The summed E-state index contributed by atoms with van der Waals surface area (Å²) in [4.78, 5) is 25.6. The molecule has 25 heavy (non-hydrogen) atoms. The zero-order valence-corrected chi connectivity index (χ0v) is 14.9. The molecule has 0 spiro atoms. The van der Waals surface area contributed by atoms with Crippen LogP contribution in [-0.2, 0) is 4.79 Å². The van der Waals surface area contributed by atoms with Crippen LogP contribution < -0.4 is 15.5 Å². The average Bonchev–Trinajstić information content (AvgIpc) is 2.64. The monoisotopic (exact) mass is 359 g/mol. The Morgan fingerprint density at radius 3 is 2.40 bits per heavy atom. The Bertz CT molecular complexity index is 707. The Morgan fingerprint density at radius 1 is 1.04 bits per heavy atom. The lowest BCUT2D eigenvalue weighted by Crippen LogP contribution is -2.37. The Balaban J connectivity index is 2.05. The quantitative estimate of drug-likeness (QED) is 0.583. The van der Waals surface area contributed by atoms with Crippen molar-refractivity contribution in [2.45, 2.75) is 13.3 Å². The van der Waals surface area contributed by atoms with Crippen LogP contribution in [0.3, 0.4) is 0 Å². The lowest BCUT2D eigenvalue weighted by atomic mass is 10.2. The zero-order valence-electron chi connectivity index (χ0n) is 14.2. The summed E-state index contributed by atoms with van der Waals surface area (Å²) < 4.78 is 0. The summed E-state index contributed by atoms with van der Waals surface area (Å²) in [7, 11) is 0. The number of hydrogen-bond donors (Lipinski definition) is 2. The van der Waals surface area contributed by atoms with E-state index in [2.05, 4.69) is 10.6 Å². The topological polar surface area (TPSA) is 61.4 Å². The number of para-hydroxylation sites is 2. The van der Waals surface area contributed by atoms with Gasteiger partial charge >= 0.3 is 6.03 Å². The minimum atomic E-state index is -0.211. The van der Waals surface area contributed by atoms with E-state index in [0.29, 0.717) is 19.5 Å². The van der Waals surface area contributed by atoms with Crippen LogP contribution in [0.2, 0.25) is 0 Å². The number of carbonyl (C=O) groups is 2. The van der Waals surface area contributed by atoms with E-state index < -0.39 is 0 Å². The second-order valence-corrected chi connectivity index (χ2v) is 5.84. The minimum absolute atomic E-state index is 0.0594. The molecule has 132 valence electrons. The molecule has 0 unspecified atom stereocenters. The lowest BCUT2D eigenvalue weighted by Gasteiger charge is -2.24. The van der Waals surface area contributed by atoms with Gasteiger partial charge in [-0.15, -0.1) is 11.6 Å². The first-order valence-corrected chi connectivity index (χ1v) is 8.67. The summed E-state index contributed by atoms with van der Waals surface area (Å²) in [6, 6.07) is 16.9. The molecule has 2 aromatic carbocycles. The Labute approximate surface area is 153 Å². The Kier molecular flexibility index (Phi) is 7.29. The second kappa shape index (κ2) is 9.69. The molecule has 6 heteroatoms. The molecular formula is C19H22ClN3O2. The van der Waals surface area contributed by atoms with Gasteiger partial charge in [-0.2, -0.15) is 0 Å². The van der Waals surface area contributed by atoms with Gasteiger partial charge in [0.15, 0.2) is 0 Å². The van der Waals surface area contributed by atoms with Crippen molar-refractivity contribution in [3.63, 3.8) is 0 Å². The fraction of sp³-hybridized carbons (Fsp3) is 0.263. The summed E-state index contributed by atoms with van der Waals surface area (Å²) in [5, 5.41) is 5.66. The number of rotatable bonds is 7. The number of halogens is 1. The van der Waals surface area contributed by atoms with Crippen molar-refractivity contribution in [2.24, 2.45) is 0 Å². The van der Waals surface area contributed by atoms with Gasteiger partial charge in [-0.25, -0.2) is 4.79 Å². The molecule has 2 N–H and O–H groups in total. The molecule has 0 heterocycles. The summed E-state index contributed by atoms with van der Waals surface area (Å²) in [6.45, 7) is 2.89. The number of anilines is 2. The molecule has 0 saturated carbocycles. The number of aryl methyl sites for hydroxylation is 1. The molecule has 0 radical (unpaired) electrons. The van der Waals surface area contributed by atoms with Crippen LogP contribution in [0.1, 0.15) is 12.0 Å². The van der Waals surface area contributed by atoms with E-state index in [4.69, 9.17) is 11.6 Å².